The monoisotopic (exact) mass is 392 g/mol. The van der Waals surface area contributed by atoms with Gasteiger partial charge in [-0.05, 0) is 18.4 Å². The molecule has 0 radical (unpaired) electrons. The highest BCUT2D eigenvalue weighted by Gasteiger charge is 2.15. The highest BCUT2D eigenvalue weighted by atomic mass is 16.5. The number of aryl methyl sites for hydroxylation is 1. The van der Waals surface area contributed by atoms with Crippen molar-refractivity contribution in [1.82, 2.24) is 14.5 Å². The molecule has 0 spiro atoms. The molecule has 3 N–H and O–H groups in total. The lowest BCUT2D eigenvalue weighted by molar-refractivity contribution is 0.0668. The van der Waals surface area contributed by atoms with Crippen molar-refractivity contribution in [2.24, 2.45) is 0 Å². The van der Waals surface area contributed by atoms with E-state index >= 15 is 0 Å². The van der Waals surface area contributed by atoms with Gasteiger partial charge in [-0.2, -0.15) is 0 Å². The lowest BCUT2D eigenvalue weighted by Gasteiger charge is -2.09. The van der Waals surface area contributed by atoms with Crippen molar-refractivity contribution >= 4 is 16.9 Å². The number of nitrogens with zero attached hydrogens (tertiary/aromatic N) is 3. The molecule has 2 aromatic heterocycles. The van der Waals surface area contributed by atoms with E-state index in [0.29, 0.717) is 32.0 Å². The molecule has 6 nitrogen and oxygen atoms in total. The smallest absolute Gasteiger partial charge is 0.151 e. The second kappa shape index (κ2) is 10.6. The van der Waals surface area contributed by atoms with Gasteiger partial charge in [0.1, 0.15) is 23.6 Å². The summed E-state index contributed by atoms with van der Waals surface area (Å²) >= 11 is 0. The average molecular weight is 393 g/mol. The van der Waals surface area contributed by atoms with Gasteiger partial charge in [0.15, 0.2) is 5.82 Å². The zero-order chi connectivity index (χ0) is 20.5. The van der Waals surface area contributed by atoms with Crippen LogP contribution in [0.2, 0.25) is 0 Å². The predicted octanol–water partition coefficient (Wildman–Crippen LogP) is 3.65. The number of aromatic nitrogens is 3. The Morgan fingerprint density at radius 1 is 1.17 bits per heavy atom. The standard InChI is InChI=1S/C23H28N4O2/c1-2-3-13-20-25-21-19(12-8-5-9-14-28)15-27(22(21)23(24)26-20)17-29-16-18-10-6-4-7-11-18/h4,6-7,10-11,15,28H,2-3,5,9,13-14,16-17H2,1H3,(H2,24,25,26). The first kappa shape index (κ1) is 20.8. The minimum Gasteiger partial charge on any atom is -0.396 e. The van der Waals surface area contributed by atoms with Gasteiger partial charge in [-0.3, -0.25) is 0 Å². The number of nitrogen functional groups attached to an aromatic ring is 1. The van der Waals surface area contributed by atoms with E-state index in [-0.39, 0.29) is 6.61 Å². The van der Waals surface area contributed by atoms with Crippen LogP contribution in [-0.4, -0.2) is 26.2 Å². The molecule has 0 saturated heterocycles. The molecule has 0 aliphatic heterocycles. The molecular formula is C23H28N4O2. The van der Waals surface area contributed by atoms with Gasteiger partial charge in [-0.1, -0.05) is 55.5 Å². The molecule has 2 heterocycles. The molecule has 0 aliphatic carbocycles. The first-order chi connectivity index (χ1) is 14.2. The Morgan fingerprint density at radius 2 is 2.00 bits per heavy atom. The summed E-state index contributed by atoms with van der Waals surface area (Å²) in [5.74, 6) is 7.48. The molecule has 0 saturated carbocycles. The number of anilines is 1. The van der Waals surface area contributed by atoms with Crippen LogP contribution in [0.4, 0.5) is 5.82 Å². The van der Waals surface area contributed by atoms with Crippen LogP contribution in [0.5, 0.6) is 0 Å². The van der Waals surface area contributed by atoms with Crippen LogP contribution in [0, 0.1) is 11.8 Å². The van der Waals surface area contributed by atoms with Gasteiger partial charge < -0.3 is 20.1 Å². The molecule has 152 valence electrons. The van der Waals surface area contributed by atoms with E-state index in [1.807, 2.05) is 41.1 Å². The fourth-order valence-corrected chi connectivity index (χ4v) is 3.07. The highest BCUT2D eigenvalue weighted by Crippen LogP contribution is 2.24. The number of unbranched alkanes of at least 4 members (excludes halogenated alkanes) is 2. The minimum atomic E-state index is 0.139. The van der Waals surface area contributed by atoms with Crippen molar-refractivity contribution in [3.05, 3.63) is 53.5 Å². The van der Waals surface area contributed by atoms with E-state index in [0.717, 1.165) is 47.2 Å². The van der Waals surface area contributed by atoms with Crippen molar-refractivity contribution in [2.45, 2.75) is 52.4 Å². The number of ether oxygens (including phenoxy) is 1. The second-order valence-corrected chi connectivity index (χ2v) is 6.93. The lowest BCUT2D eigenvalue weighted by Crippen LogP contribution is -2.06. The van der Waals surface area contributed by atoms with Gasteiger partial charge in [0, 0.05) is 25.6 Å². The summed E-state index contributed by atoms with van der Waals surface area (Å²) in [5.41, 5.74) is 9.74. The first-order valence-corrected chi connectivity index (χ1v) is 10.1. The average Bonchev–Trinajstić information content (AvgIpc) is 3.08. The predicted molar refractivity (Wildman–Crippen MR) is 115 cm³/mol. The summed E-state index contributed by atoms with van der Waals surface area (Å²) in [7, 11) is 0. The topological polar surface area (TPSA) is 86.2 Å². The Balaban J connectivity index is 1.87. The molecule has 3 rings (SSSR count). The molecule has 1 aromatic carbocycles. The SMILES string of the molecule is CCCCc1nc(N)c2c(n1)c(C#CCCCO)cn2COCc1ccccc1. The number of nitrogens with two attached hydrogens (primary N) is 1. The van der Waals surface area contributed by atoms with E-state index in [9.17, 15) is 0 Å². The number of aliphatic hydroxyl groups excluding tert-OH is 1. The molecule has 0 amide bonds. The largest absolute Gasteiger partial charge is 0.396 e. The zero-order valence-corrected chi connectivity index (χ0v) is 16.9. The van der Waals surface area contributed by atoms with E-state index in [4.69, 9.17) is 20.6 Å². The lowest BCUT2D eigenvalue weighted by atomic mass is 10.2. The molecule has 29 heavy (non-hydrogen) atoms. The van der Waals surface area contributed by atoms with Crippen LogP contribution in [-0.2, 0) is 24.5 Å². The Kier molecular flexibility index (Phi) is 7.62. The van der Waals surface area contributed by atoms with Crippen molar-refractivity contribution < 1.29 is 9.84 Å². The van der Waals surface area contributed by atoms with Crippen molar-refractivity contribution in [2.75, 3.05) is 12.3 Å². The maximum absolute atomic E-state index is 8.96. The summed E-state index contributed by atoms with van der Waals surface area (Å²) < 4.78 is 7.81. The number of rotatable bonds is 9. The molecule has 0 bridgehead atoms. The highest BCUT2D eigenvalue weighted by molar-refractivity contribution is 5.90. The maximum Gasteiger partial charge on any atom is 0.151 e. The Morgan fingerprint density at radius 3 is 2.76 bits per heavy atom. The second-order valence-electron chi connectivity index (χ2n) is 6.93. The fourth-order valence-electron chi connectivity index (χ4n) is 3.07. The van der Waals surface area contributed by atoms with Crippen LogP contribution in [0.1, 0.15) is 49.6 Å². The van der Waals surface area contributed by atoms with Crippen LogP contribution in [0.15, 0.2) is 36.5 Å². The van der Waals surface area contributed by atoms with E-state index in [1.165, 1.54) is 0 Å². The van der Waals surface area contributed by atoms with Crippen LogP contribution in [0.3, 0.4) is 0 Å². The maximum atomic E-state index is 8.96. The van der Waals surface area contributed by atoms with Gasteiger partial charge in [0.2, 0.25) is 0 Å². The quantitative estimate of drug-likeness (QED) is 0.429. The Bertz CT molecular complexity index is 987. The molecule has 3 aromatic rings. The molecule has 0 atom stereocenters. The third-order valence-corrected chi connectivity index (χ3v) is 4.56. The number of hydrogen-bond acceptors (Lipinski definition) is 5. The number of benzene rings is 1. The Hall–Kier alpha value is -2.88. The normalized spacial score (nSPS) is 10.8. The van der Waals surface area contributed by atoms with Gasteiger partial charge in [0.05, 0.1) is 12.2 Å². The van der Waals surface area contributed by atoms with Gasteiger partial charge in [-0.25, -0.2) is 9.97 Å². The third kappa shape index (κ3) is 5.57. The summed E-state index contributed by atoms with van der Waals surface area (Å²) in [4.78, 5) is 9.24. The van der Waals surface area contributed by atoms with Crippen LogP contribution >= 0.6 is 0 Å². The number of aliphatic hydroxyl groups is 1. The van der Waals surface area contributed by atoms with Crippen LogP contribution < -0.4 is 5.73 Å². The van der Waals surface area contributed by atoms with Gasteiger partial charge in [0.25, 0.3) is 0 Å². The summed E-state index contributed by atoms with van der Waals surface area (Å²) in [6.07, 6.45) is 6.11. The van der Waals surface area contributed by atoms with Crippen molar-refractivity contribution in [3.8, 4) is 11.8 Å². The molecule has 0 fully saturated rings. The number of hydrogen-bond donors (Lipinski definition) is 2. The van der Waals surface area contributed by atoms with Crippen LogP contribution in [0.25, 0.3) is 11.0 Å². The Labute approximate surface area is 171 Å². The molecule has 6 heteroatoms. The van der Waals surface area contributed by atoms with E-state index in [1.54, 1.807) is 0 Å². The summed E-state index contributed by atoms with van der Waals surface area (Å²) in [5, 5.41) is 8.96. The fraction of sp³-hybridized carbons (Fsp3) is 0.391. The van der Waals surface area contributed by atoms with E-state index in [2.05, 4.69) is 23.7 Å². The molecule has 0 aliphatic rings. The summed E-state index contributed by atoms with van der Waals surface area (Å²) in [6, 6.07) is 10.0. The first-order valence-electron chi connectivity index (χ1n) is 10.1. The molecular weight excluding hydrogens is 364 g/mol. The molecule has 0 unspecified atom stereocenters. The van der Waals surface area contributed by atoms with Crippen molar-refractivity contribution in [3.63, 3.8) is 0 Å². The van der Waals surface area contributed by atoms with Gasteiger partial charge >= 0.3 is 0 Å². The summed E-state index contributed by atoms with van der Waals surface area (Å²) in [6.45, 7) is 3.12. The number of fused-ring (bicyclic) bond motifs is 1. The van der Waals surface area contributed by atoms with Crippen molar-refractivity contribution in [1.29, 1.82) is 0 Å². The minimum absolute atomic E-state index is 0.139. The zero-order valence-electron chi connectivity index (χ0n) is 16.9. The third-order valence-electron chi connectivity index (χ3n) is 4.56. The van der Waals surface area contributed by atoms with Gasteiger partial charge in [-0.15, -0.1) is 0 Å². The van der Waals surface area contributed by atoms with E-state index < -0.39 is 0 Å².